The van der Waals surface area contributed by atoms with Crippen LogP contribution in [-0.4, -0.2) is 50.9 Å². The van der Waals surface area contributed by atoms with E-state index in [-0.39, 0.29) is 6.54 Å². The fourth-order valence-corrected chi connectivity index (χ4v) is 2.51. The van der Waals surface area contributed by atoms with Crippen molar-refractivity contribution in [3.63, 3.8) is 0 Å². The Hall–Kier alpha value is -2.74. The van der Waals surface area contributed by atoms with Gasteiger partial charge in [0.1, 0.15) is 0 Å². The van der Waals surface area contributed by atoms with Crippen LogP contribution in [0.4, 0.5) is 0 Å². The maximum Gasteiger partial charge on any atom is 0.334 e. The molecule has 1 aromatic carbocycles. The Morgan fingerprint density at radius 3 is 2.48 bits per heavy atom. The molecule has 0 saturated heterocycles. The van der Waals surface area contributed by atoms with Crippen molar-refractivity contribution in [3.05, 3.63) is 35.4 Å². The number of hydrogen-bond acceptors (Lipinski definition) is 5. The second-order valence-electron chi connectivity index (χ2n) is 5.31. The summed E-state index contributed by atoms with van der Waals surface area (Å²) in [5.41, 5.74) is 1.17. The monoisotopic (exact) mass is 320 g/mol. The molecule has 0 radical (unpaired) electrons. The molecule has 1 atom stereocenters. The van der Waals surface area contributed by atoms with Crippen LogP contribution in [0.1, 0.15) is 29.3 Å². The highest BCUT2D eigenvalue weighted by molar-refractivity contribution is 6.09. The number of carbonyl (C=O) groups is 4. The summed E-state index contributed by atoms with van der Waals surface area (Å²) in [4.78, 5) is 46.8. The fourth-order valence-electron chi connectivity index (χ4n) is 2.51. The first-order valence-corrected chi connectivity index (χ1v) is 6.92. The second kappa shape index (κ2) is 6.17. The maximum absolute atomic E-state index is 12.4. The Kier molecular flexibility index (Phi) is 4.46. The van der Waals surface area contributed by atoms with E-state index in [1.807, 2.05) is 0 Å². The lowest BCUT2D eigenvalue weighted by Crippen LogP contribution is -2.66. The van der Waals surface area contributed by atoms with Gasteiger partial charge in [-0.2, -0.15) is 0 Å². The molecule has 0 saturated carbocycles. The number of aliphatic carboxylic acids is 2. The normalized spacial score (nSPS) is 16.4. The molecule has 8 heteroatoms. The number of benzene rings is 1. The molecule has 122 valence electrons. The molecule has 1 unspecified atom stereocenters. The van der Waals surface area contributed by atoms with Crippen molar-refractivity contribution in [2.24, 2.45) is 0 Å². The molecule has 1 heterocycles. The van der Waals surface area contributed by atoms with Crippen LogP contribution in [0.15, 0.2) is 24.3 Å². The molecule has 1 aliphatic heterocycles. The lowest BCUT2D eigenvalue weighted by atomic mass is 9.91. The number of amides is 1. The van der Waals surface area contributed by atoms with Crippen molar-refractivity contribution < 1.29 is 29.4 Å². The predicted octanol–water partition coefficient (Wildman–Crippen LogP) is 0.0766. The van der Waals surface area contributed by atoms with Crippen molar-refractivity contribution in [3.8, 4) is 0 Å². The Morgan fingerprint density at radius 2 is 1.91 bits per heavy atom. The minimum Gasteiger partial charge on any atom is -0.481 e. The number of nitrogens with one attached hydrogen (secondary N) is 1. The van der Waals surface area contributed by atoms with E-state index in [9.17, 15) is 24.3 Å². The van der Waals surface area contributed by atoms with Gasteiger partial charge in [0, 0.05) is 12.1 Å². The van der Waals surface area contributed by atoms with Crippen molar-refractivity contribution in [2.75, 3.05) is 6.54 Å². The average Bonchev–Trinajstić information content (AvgIpc) is 2.48. The first kappa shape index (κ1) is 16.6. The molecule has 0 aromatic heterocycles. The van der Waals surface area contributed by atoms with Crippen LogP contribution < -0.4 is 5.43 Å². The van der Waals surface area contributed by atoms with E-state index in [4.69, 9.17) is 5.11 Å². The zero-order valence-corrected chi connectivity index (χ0v) is 12.4. The van der Waals surface area contributed by atoms with Gasteiger partial charge in [-0.1, -0.05) is 18.2 Å². The van der Waals surface area contributed by atoms with Gasteiger partial charge in [0.2, 0.25) is 5.54 Å². The Bertz CT molecular complexity index is 670. The number of carboxylic acid groups (broad SMARTS) is 2. The molecule has 3 N–H and O–H groups in total. The molecule has 2 rings (SSSR count). The second-order valence-corrected chi connectivity index (χ2v) is 5.31. The molecule has 0 spiro atoms. The van der Waals surface area contributed by atoms with Gasteiger partial charge in [0.25, 0.3) is 5.91 Å². The van der Waals surface area contributed by atoms with Gasteiger partial charge in [0.15, 0.2) is 5.78 Å². The van der Waals surface area contributed by atoms with E-state index in [0.29, 0.717) is 12.0 Å². The number of ketones is 1. The molecule has 0 bridgehead atoms. The van der Waals surface area contributed by atoms with Gasteiger partial charge in [-0.25, -0.2) is 10.2 Å². The minimum absolute atomic E-state index is 0.137. The highest BCUT2D eigenvalue weighted by atomic mass is 16.4. The molecule has 1 aliphatic rings. The van der Waals surface area contributed by atoms with Crippen LogP contribution in [0.5, 0.6) is 0 Å². The third-order valence-electron chi connectivity index (χ3n) is 3.81. The first-order chi connectivity index (χ1) is 10.8. The van der Waals surface area contributed by atoms with Gasteiger partial charge >= 0.3 is 11.9 Å². The van der Waals surface area contributed by atoms with E-state index in [2.05, 4.69) is 5.43 Å². The van der Waals surface area contributed by atoms with E-state index in [1.165, 1.54) is 0 Å². The molecule has 0 fully saturated rings. The number of carbonyl (C=O) groups excluding carboxylic acids is 2. The summed E-state index contributed by atoms with van der Waals surface area (Å²) >= 11 is 0. The molecule has 23 heavy (non-hydrogen) atoms. The standard InChI is InChI=1S/C15H16N2O6/c1-9(18)15(14(22)23,8-12(19)20)16-17-7-6-10-4-2-3-5-11(10)13(17)21/h2-5,16H,6-8H2,1H3,(H,19,20)(H,22,23). The van der Waals surface area contributed by atoms with Crippen LogP contribution in [0.3, 0.4) is 0 Å². The SMILES string of the molecule is CC(=O)C(CC(=O)O)(NN1CCc2ccccc2C1=O)C(=O)O. The molecular formula is C15H16N2O6. The van der Waals surface area contributed by atoms with Crippen LogP contribution in [0.25, 0.3) is 0 Å². The summed E-state index contributed by atoms with van der Waals surface area (Å²) in [6.07, 6.45) is -0.501. The summed E-state index contributed by atoms with van der Waals surface area (Å²) in [7, 11) is 0. The topological polar surface area (TPSA) is 124 Å². The fraction of sp³-hybridized carbons (Fsp3) is 0.333. The summed E-state index contributed by atoms with van der Waals surface area (Å²) < 4.78 is 0. The quantitative estimate of drug-likeness (QED) is 0.634. The van der Waals surface area contributed by atoms with Crippen molar-refractivity contribution in [2.45, 2.75) is 25.3 Å². The molecule has 1 aromatic rings. The zero-order chi connectivity index (χ0) is 17.2. The van der Waals surface area contributed by atoms with Gasteiger partial charge in [0.05, 0.1) is 6.42 Å². The molecular weight excluding hydrogens is 304 g/mol. The number of fused-ring (bicyclic) bond motifs is 1. The number of nitrogens with zero attached hydrogens (tertiary/aromatic N) is 1. The van der Waals surface area contributed by atoms with Crippen LogP contribution in [-0.2, 0) is 20.8 Å². The van der Waals surface area contributed by atoms with Crippen LogP contribution >= 0.6 is 0 Å². The lowest BCUT2D eigenvalue weighted by Gasteiger charge is -2.36. The Balaban J connectivity index is 2.34. The zero-order valence-electron chi connectivity index (χ0n) is 12.4. The van der Waals surface area contributed by atoms with Gasteiger partial charge in [-0.15, -0.1) is 0 Å². The maximum atomic E-state index is 12.4. The summed E-state index contributed by atoms with van der Waals surface area (Å²) in [6.45, 7) is 1.12. The first-order valence-electron chi connectivity index (χ1n) is 6.92. The number of hydrogen-bond donors (Lipinski definition) is 3. The average molecular weight is 320 g/mol. The highest BCUT2D eigenvalue weighted by Gasteiger charge is 2.48. The number of Topliss-reactive ketones (excluding diaryl/α,β-unsaturated/α-hetero) is 1. The predicted molar refractivity (Wildman–Crippen MR) is 77.6 cm³/mol. The molecule has 1 amide bonds. The van der Waals surface area contributed by atoms with Crippen molar-refractivity contribution >= 4 is 23.6 Å². The summed E-state index contributed by atoms with van der Waals surface area (Å²) in [5, 5.41) is 19.3. The third kappa shape index (κ3) is 3.07. The van der Waals surface area contributed by atoms with Gasteiger partial charge < -0.3 is 10.2 Å². The summed E-state index contributed by atoms with van der Waals surface area (Å²) in [5.74, 6) is -4.48. The van der Waals surface area contributed by atoms with Crippen molar-refractivity contribution in [1.82, 2.24) is 10.4 Å². The number of carboxylic acids is 2. The third-order valence-corrected chi connectivity index (χ3v) is 3.81. The Labute approximate surface area is 131 Å². The number of rotatable bonds is 6. The van der Waals surface area contributed by atoms with E-state index in [0.717, 1.165) is 17.5 Å². The minimum atomic E-state index is -2.38. The number of hydrazine groups is 1. The summed E-state index contributed by atoms with van der Waals surface area (Å²) in [6, 6.07) is 6.85. The van der Waals surface area contributed by atoms with Gasteiger partial charge in [-0.3, -0.25) is 19.4 Å². The van der Waals surface area contributed by atoms with E-state index < -0.39 is 35.6 Å². The lowest BCUT2D eigenvalue weighted by molar-refractivity contribution is -0.158. The highest BCUT2D eigenvalue weighted by Crippen LogP contribution is 2.21. The molecule has 0 aliphatic carbocycles. The smallest absolute Gasteiger partial charge is 0.334 e. The van der Waals surface area contributed by atoms with Crippen LogP contribution in [0.2, 0.25) is 0 Å². The van der Waals surface area contributed by atoms with Gasteiger partial charge in [-0.05, 0) is 25.0 Å². The van der Waals surface area contributed by atoms with E-state index >= 15 is 0 Å². The van der Waals surface area contributed by atoms with Crippen molar-refractivity contribution in [1.29, 1.82) is 0 Å². The van der Waals surface area contributed by atoms with Crippen LogP contribution in [0, 0.1) is 0 Å². The Morgan fingerprint density at radius 1 is 1.26 bits per heavy atom. The largest absolute Gasteiger partial charge is 0.481 e. The van der Waals surface area contributed by atoms with E-state index in [1.54, 1.807) is 24.3 Å². The molecule has 8 nitrogen and oxygen atoms in total.